The molecule has 1 aromatic carbocycles. The van der Waals surface area contributed by atoms with Gasteiger partial charge in [0.25, 0.3) is 0 Å². The van der Waals surface area contributed by atoms with Crippen molar-refractivity contribution in [2.45, 2.75) is 6.04 Å². The van der Waals surface area contributed by atoms with Gasteiger partial charge in [-0.05, 0) is 18.7 Å². The van der Waals surface area contributed by atoms with Crippen LogP contribution in [0, 0.1) is 0 Å². The van der Waals surface area contributed by atoms with Crippen LogP contribution in [-0.2, 0) is 0 Å². The van der Waals surface area contributed by atoms with Crippen molar-refractivity contribution < 1.29 is 4.74 Å². The van der Waals surface area contributed by atoms with Crippen molar-refractivity contribution >= 4 is 0 Å². The predicted octanol–water partition coefficient (Wildman–Crippen LogP) is 2.40. The number of rotatable bonds is 4. The van der Waals surface area contributed by atoms with E-state index < -0.39 is 0 Å². The average molecular weight is 228 g/mol. The zero-order valence-corrected chi connectivity index (χ0v) is 10.1. The van der Waals surface area contributed by atoms with Crippen LogP contribution in [0.1, 0.15) is 17.2 Å². The Morgan fingerprint density at radius 1 is 1.12 bits per heavy atom. The minimum atomic E-state index is 0.0971. The third kappa shape index (κ3) is 2.45. The molecule has 0 aliphatic heterocycles. The molecule has 0 amide bonds. The van der Waals surface area contributed by atoms with Crippen LogP contribution in [0.4, 0.5) is 0 Å². The van der Waals surface area contributed by atoms with E-state index in [1.165, 1.54) is 5.56 Å². The Morgan fingerprint density at radius 2 is 1.88 bits per heavy atom. The maximum absolute atomic E-state index is 5.30. The highest BCUT2D eigenvalue weighted by Gasteiger charge is 2.16. The molecule has 0 aliphatic rings. The van der Waals surface area contributed by atoms with Crippen LogP contribution >= 0.6 is 0 Å². The standard InChI is InChI=1S/C14H16N2O/c1-15-13(11-7-4-3-5-8-11)12-9-6-10-16-14(12)17-2/h3-10,13,15H,1-2H3. The van der Waals surface area contributed by atoms with Gasteiger partial charge >= 0.3 is 0 Å². The molecule has 0 fully saturated rings. The van der Waals surface area contributed by atoms with E-state index in [4.69, 9.17) is 4.74 Å². The Hall–Kier alpha value is -1.87. The summed E-state index contributed by atoms with van der Waals surface area (Å²) in [4.78, 5) is 4.23. The summed E-state index contributed by atoms with van der Waals surface area (Å²) in [6.07, 6.45) is 1.74. The predicted molar refractivity (Wildman–Crippen MR) is 68.1 cm³/mol. The fourth-order valence-electron chi connectivity index (χ4n) is 1.94. The van der Waals surface area contributed by atoms with Gasteiger partial charge in [0.1, 0.15) is 0 Å². The summed E-state index contributed by atoms with van der Waals surface area (Å²) in [6.45, 7) is 0. The van der Waals surface area contributed by atoms with Crippen LogP contribution in [0.3, 0.4) is 0 Å². The lowest BCUT2D eigenvalue weighted by molar-refractivity contribution is 0.388. The van der Waals surface area contributed by atoms with Gasteiger partial charge in [0.15, 0.2) is 0 Å². The highest BCUT2D eigenvalue weighted by atomic mass is 16.5. The van der Waals surface area contributed by atoms with Crippen LogP contribution in [0.5, 0.6) is 5.88 Å². The molecule has 3 nitrogen and oxygen atoms in total. The van der Waals surface area contributed by atoms with Gasteiger partial charge in [-0.15, -0.1) is 0 Å². The number of hydrogen-bond donors (Lipinski definition) is 1. The molecular weight excluding hydrogens is 212 g/mol. The number of aromatic nitrogens is 1. The van der Waals surface area contributed by atoms with E-state index in [1.807, 2.05) is 37.4 Å². The third-order valence-corrected chi connectivity index (χ3v) is 2.73. The molecule has 1 heterocycles. The summed E-state index contributed by atoms with van der Waals surface area (Å²) in [5.74, 6) is 0.663. The van der Waals surface area contributed by atoms with Gasteiger partial charge < -0.3 is 10.1 Å². The number of benzene rings is 1. The molecule has 17 heavy (non-hydrogen) atoms. The van der Waals surface area contributed by atoms with Gasteiger partial charge in [-0.2, -0.15) is 0 Å². The van der Waals surface area contributed by atoms with E-state index in [0.717, 1.165) is 5.56 Å². The molecule has 0 aliphatic carbocycles. The van der Waals surface area contributed by atoms with Gasteiger partial charge in [0.05, 0.1) is 13.2 Å². The second-order valence-corrected chi connectivity index (χ2v) is 3.73. The van der Waals surface area contributed by atoms with E-state index in [-0.39, 0.29) is 6.04 Å². The van der Waals surface area contributed by atoms with Crippen LogP contribution < -0.4 is 10.1 Å². The molecular formula is C14H16N2O. The molecule has 1 unspecified atom stereocenters. The molecule has 1 N–H and O–H groups in total. The zero-order valence-electron chi connectivity index (χ0n) is 10.1. The number of nitrogens with one attached hydrogen (secondary N) is 1. The number of methoxy groups -OCH3 is 1. The van der Waals surface area contributed by atoms with Gasteiger partial charge in [0, 0.05) is 11.8 Å². The van der Waals surface area contributed by atoms with E-state index >= 15 is 0 Å². The maximum atomic E-state index is 5.30. The fraction of sp³-hybridized carbons (Fsp3) is 0.214. The Bertz CT molecular complexity index is 471. The van der Waals surface area contributed by atoms with E-state index in [0.29, 0.717) is 5.88 Å². The zero-order chi connectivity index (χ0) is 12.1. The molecule has 0 saturated carbocycles. The molecule has 88 valence electrons. The van der Waals surface area contributed by atoms with Crippen LogP contribution in [0.2, 0.25) is 0 Å². The molecule has 0 radical (unpaired) electrons. The summed E-state index contributed by atoms with van der Waals surface area (Å²) >= 11 is 0. The fourth-order valence-corrected chi connectivity index (χ4v) is 1.94. The van der Waals surface area contributed by atoms with Gasteiger partial charge in [-0.1, -0.05) is 36.4 Å². The first-order valence-electron chi connectivity index (χ1n) is 5.58. The Morgan fingerprint density at radius 3 is 2.53 bits per heavy atom. The summed E-state index contributed by atoms with van der Waals surface area (Å²) in [7, 11) is 3.58. The minimum absolute atomic E-state index is 0.0971. The number of nitrogens with zero attached hydrogens (tertiary/aromatic N) is 1. The van der Waals surface area contributed by atoms with E-state index in [1.54, 1.807) is 13.3 Å². The van der Waals surface area contributed by atoms with Crippen molar-refractivity contribution in [3.63, 3.8) is 0 Å². The Labute approximate surface area is 101 Å². The SMILES string of the molecule is CNC(c1ccccc1)c1cccnc1OC. The molecule has 2 aromatic rings. The molecule has 2 rings (SSSR count). The molecule has 1 aromatic heterocycles. The van der Waals surface area contributed by atoms with E-state index in [9.17, 15) is 0 Å². The van der Waals surface area contributed by atoms with Gasteiger partial charge in [0.2, 0.25) is 5.88 Å². The van der Waals surface area contributed by atoms with Crippen LogP contribution in [-0.4, -0.2) is 19.1 Å². The van der Waals surface area contributed by atoms with Crippen molar-refractivity contribution in [3.05, 3.63) is 59.8 Å². The van der Waals surface area contributed by atoms with Crippen molar-refractivity contribution in [1.82, 2.24) is 10.3 Å². The molecule has 3 heteroatoms. The van der Waals surface area contributed by atoms with Crippen molar-refractivity contribution in [2.75, 3.05) is 14.2 Å². The van der Waals surface area contributed by atoms with Gasteiger partial charge in [-0.25, -0.2) is 4.98 Å². The quantitative estimate of drug-likeness (QED) is 0.872. The molecule has 0 bridgehead atoms. The van der Waals surface area contributed by atoms with E-state index in [2.05, 4.69) is 22.4 Å². The Kier molecular flexibility index (Phi) is 3.73. The minimum Gasteiger partial charge on any atom is -0.481 e. The first kappa shape index (κ1) is 11.6. The van der Waals surface area contributed by atoms with Crippen LogP contribution in [0.25, 0.3) is 0 Å². The van der Waals surface area contributed by atoms with Gasteiger partial charge in [-0.3, -0.25) is 0 Å². The average Bonchev–Trinajstić information content (AvgIpc) is 2.41. The maximum Gasteiger partial charge on any atom is 0.218 e. The first-order valence-corrected chi connectivity index (χ1v) is 5.58. The smallest absolute Gasteiger partial charge is 0.218 e. The van der Waals surface area contributed by atoms with Crippen molar-refractivity contribution in [1.29, 1.82) is 0 Å². The number of pyridine rings is 1. The summed E-state index contributed by atoms with van der Waals surface area (Å²) in [5.41, 5.74) is 2.24. The highest BCUT2D eigenvalue weighted by Crippen LogP contribution is 2.27. The summed E-state index contributed by atoms with van der Waals surface area (Å²) in [5, 5.41) is 3.29. The lowest BCUT2D eigenvalue weighted by Gasteiger charge is -2.18. The normalized spacial score (nSPS) is 12.1. The third-order valence-electron chi connectivity index (χ3n) is 2.73. The monoisotopic (exact) mass is 228 g/mol. The molecule has 0 spiro atoms. The second kappa shape index (κ2) is 5.46. The summed E-state index contributed by atoms with van der Waals surface area (Å²) in [6, 6.07) is 14.3. The van der Waals surface area contributed by atoms with Crippen molar-refractivity contribution in [3.8, 4) is 5.88 Å². The lowest BCUT2D eigenvalue weighted by Crippen LogP contribution is -2.18. The largest absolute Gasteiger partial charge is 0.481 e. The summed E-state index contributed by atoms with van der Waals surface area (Å²) < 4.78 is 5.30. The lowest BCUT2D eigenvalue weighted by atomic mass is 10.00. The number of ether oxygens (including phenoxy) is 1. The second-order valence-electron chi connectivity index (χ2n) is 3.73. The van der Waals surface area contributed by atoms with Crippen molar-refractivity contribution in [2.24, 2.45) is 0 Å². The molecule has 1 atom stereocenters. The number of hydrogen-bond acceptors (Lipinski definition) is 3. The Balaban J connectivity index is 2.42. The van der Waals surface area contributed by atoms with Crippen LogP contribution in [0.15, 0.2) is 48.7 Å². The topological polar surface area (TPSA) is 34.2 Å². The first-order chi connectivity index (χ1) is 8.36. The molecule has 0 saturated heterocycles. The highest BCUT2D eigenvalue weighted by molar-refractivity contribution is 5.37.